The van der Waals surface area contributed by atoms with Crippen molar-refractivity contribution in [3.63, 3.8) is 0 Å². The maximum absolute atomic E-state index is 13.3. The fourth-order valence-electron chi connectivity index (χ4n) is 3.98. The van der Waals surface area contributed by atoms with E-state index in [1.165, 1.54) is 6.20 Å². The van der Waals surface area contributed by atoms with Crippen molar-refractivity contribution in [1.82, 2.24) is 4.98 Å². The number of fused-ring (bicyclic) bond motifs is 2. The normalized spacial score (nSPS) is 20.6. The van der Waals surface area contributed by atoms with Crippen LogP contribution in [-0.2, 0) is 0 Å². The third kappa shape index (κ3) is 2.92. The van der Waals surface area contributed by atoms with Gasteiger partial charge in [0.2, 0.25) is 0 Å². The Morgan fingerprint density at radius 2 is 1.89 bits per heavy atom. The average Bonchev–Trinajstić information content (AvgIpc) is 3.13. The number of hydrogen-bond acceptors (Lipinski definition) is 4. The van der Waals surface area contributed by atoms with Crippen LogP contribution in [-0.4, -0.2) is 11.6 Å². The number of nitrogens with zero attached hydrogens (tertiary/aromatic N) is 2. The SMILES string of the molecule is FC(F)c1cncc([C@@H]2Sc3ccccc3N2C2CCOc3ccccc32)c1. The first kappa shape index (κ1) is 17.5. The second-order valence-corrected chi connectivity index (χ2v) is 8.01. The maximum atomic E-state index is 13.3. The molecule has 0 N–H and O–H groups in total. The molecule has 0 spiro atoms. The predicted molar refractivity (Wildman–Crippen MR) is 106 cm³/mol. The molecule has 5 rings (SSSR count). The van der Waals surface area contributed by atoms with E-state index < -0.39 is 6.43 Å². The van der Waals surface area contributed by atoms with Gasteiger partial charge in [-0.15, -0.1) is 0 Å². The van der Waals surface area contributed by atoms with Gasteiger partial charge in [0.1, 0.15) is 11.1 Å². The highest BCUT2D eigenvalue weighted by atomic mass is 32.2. The molecule has 0 amide bonds. The van der Waals surface area contributed by atoms with Crippen LogP contribution in [0.1, 0.15) is 41.0 Å². The molecule has 0 fully saturated rings. The van der Waals surface area contributed by atoms with E-state index in [1.807, 2.05) is 30.3 Å². The van der Waals surface area contributed by atoms with Crippen LogP contribution in [0.5, 0.6) is 5.75 Å². The summed E-state index contributed by atoms with van der Waals surface area (Å²) >= 11 is 1.69. The van der Waals surface area contributed by atoms with Crippen molar-refractivity contribution in [2.75, 3.05) is 11.5 Å². The summed E-state index contributed by atoms with van der Waals surface area (Å²) in [5.74, 6) is 0.895. The molecule has 2 atom stereocenters. The van der Waals surface area contributed by atoms with Crippen LogP contribution in [0.2, 0.25) is 0 Å². The first-order valence-electron chi connectivity index (χ1n) is 9.21. The molecule has 1 aromatic heterocycles. The maximum Gasteiger partial charge on any atom is 0.265 e. The average molecular weight is 396 g/mol. The zero-order valence-corrected chi connectivity index (χ0v) is 15.8. The largest absolute Gasteiger partial charge is 0.493 e. The number of aromatic nitrogens is 1. The molecule has 3 nitrogen and oxygen atoms in total. The number of thioether (sulfide) groups is 1. The summed E-state index contributed by atoms with van der Waals surface area (Å²) in [6, 6.07) is 18.0. The molecule has 142 valence electrons. The fourth-order valence-corrected chi connectivity index (χ4v) is 5.31. The number of benzene rings is 2. The third-order valence-electron chi connectivity index (χ3n) is 5.21. The van der Waals surface area contributed by atoms with Crippen molar-refractivity contribution < 1.29 is 13.5 Å². The molecule has 0 bridgehead atoms. The van der Waals surface area contributed by atoms with Crippen molar-refractivity contribution >= 4 is 17.4 Å². The Morgan fingerprint density at radius 3 is 2.79 bits per heavy atom. The zero-order valence-electron chi connectivity index (χ0n) is 15.0. The molecule has 2 aromatic carbocycles. The van der Waals surface area contributed by atoms with Gasteiger partial charge in [-0.25, -0.2) is 8.78 Å². The summed E-state index contributed by atoms with van der Waals surface area (Å²) in [4.78, 5) is 7.59. The number of hydrogen-bond donors (Lipinski definition) is 0. The monoisotopic (exact) mass is 396 g/mol. The van der Waals surface area contributed by atoms with Crippen molar-refractivity contribution in [3.05, 3.63) is 83.7 Å². The van der Waals surface area contributed by atoms with Gasteiger partial charge in [-0.1, -0.05) is 42.1 Å². The Morgan fingerprint density at radius 1 is 1.07 bits per heavy atom. The minimum Gasteiger partial charge on any atom is -0.493 e. The van der Waals surface area contributed by atoms with Gasteiger partial charge in [0, 0.05) is 40.4 Å². The van der Waals surface area contributed by atoms with Crippen LogP contribution in [0.4, 0.5) is 14.5 Å². The third-order valence-corrected chi connectivity index (χ3v) is 6.54. The molecule has 6 heteroatoms. The minimum atomic E-state index is -2.53. The van der Waals surface area contributed by atoms with E-state index in [-0.39, 0.29) is 17.0 Å². The summed E-state index contributed by atoms with van der Waals surface area (Å²) in [6.45, 7) is 0.632. The molecule has 2 aliphatic rings. The van der Waals surface area contributed by atoms with E-state index >= 15 is 0 Å². The predicted octanol–water partition coefficient (Wildman–Crippen LogP) is 6.15. The van der Waals surface area contributed by atoms with Crippen LogP contribution < -0.4 is 9.64 Å². The molecule has 28 heavy (non-hydrogen) atoms. The Hall–Kier alpha value is -2.60. The Kier molecular flexibility index (Phi) is 4.43. The quantitative estimate of drug-likeness (QED) is 0.530. The minimum absolute atomic E-state index is 0.0404. The lowest BCUT2D eigenvalue weighted by atomic mass is 9.97. The van der Waals surface area contributed by atoms with Crippen LogP contribution >= 0.6 is 11.8 Å². The van der Waals surface area contributed by atoms with Gasteiger partial charge in [0.15, 0.2) is 0 Å². The van der Waals surface area contributed by atoms with Gasteiger partial charge in [-0.05, 0) is 24.3 Å². The fraction of sp³-hybridized carbons (Fsp3) is 0.227. The summed E-state index contributed by atoms with van der Waals surface area (Å²) in [7, 11) is 0. The molecule has 0 saturated heterocycles. The van der Waals surface area contributed by atoms with Gasteiger partial charge in [0.25, 0.3) is 6.43 Å². The Bertz CT molecular complexity index is 1010. The molecular formula is C22H18F2N2OS. The van der Waals surface area contributed by atoms with Gasteiger partial charge in [0.05, 0.1) is 18.3 Å². The van der Waals surface area contributed by atoms with Crippen molar-refractivity contribution in [2.45, 2.75) is 29.2 Å². The molecule has 2 aliphatic heterocycles. The molecule has 0 aliphatic carbocycles. The summed E-state index contributed by atoms with van der Waals surface area (Å²) in [5, 5.41) is -0.111. The number of alkyl halides is 2. The second kappa shape index (κ2) is 7.09. The number of pyridine rings is 1. The van der Waals surface area contributed by atoms with E-state index in [9.17, 15) is 8.78 Å². The zero-order chi connectivity index (χ0) is 19.1. The van der Waals surface area contributed by atoms with Gasteiger partial charge in [-0.2, -0.15) is 0 Å². The molecule has 3 heterocycles. The highest BCUT2D eigenvalue weighted by Gasteiger charge is 2.39. The summed E-state index contributed by atoms with van der Waals surface area (Å²) < 4.78 is 32.4. The first-order chi connectivity index (χ1) is 13.7. The van der Waals surface area contributed by atoms with E-state index in [0.29, 0.717) is 6.61 Å². The molecule has 1 unspecified atom stereocenters. The van der Waals surface area contributed by atoms with E-state index in [2.05, 4.69) is 28.1 Å². The van der Waals surface area contributed by atoms with E-state index in [0.717, 1.165) is 33.9 Å². The number of rotatable bonds is 3. The van der Waals surface area contributed by atoms with Gasteiger partial charge < -0.3 is 9.64 Å². The molecular weight excluding hydrogens is 378 g/mol. The lowest BCUT2D eigenvalue weighted by Crippen LogP contribution is -2.32. The number of anilines is 1. The molecule has 3 aromatic rings. The van der Waals surface area contributed by atoms with Gasteiger partial charge >= 0.3 is 0 Å². The molecule has 0 saturated carbocycles. The summed E-state index contributed by atoms with van der Waals surface area (Å²) in [5.41, 5.74) is 3.01. The van der Waals surface area contributed by atoms with Crippen LogP contribution in [0, 0.1) is 0 Å². The highest BCUT2D eigenvalue weighted by Crippen LogP contribution is 2.56. The smallest absolute Gasteiger partial charge is 0.265 e. The second-order valence-electron chi connectivity index (χ2n) is 6.89. The Balaban J connectivity index is 1.62. The highest BCUT2D eigenvalue weighted by molar-refractivity contribution is 8.00. The number of halogens is 2. The lowest BCUT2D eigenvalue weighted by Gasteiger charge is -2.38. The Labute approximate surface area is 166 Å². The standard InChI is InChI=1S/C22H18F2N2OS/c23-21(24)14-11-15(13-25-12-14)22-26(18-6-2-4-8-20(18)28-22)17-9-10-27-19-7-3-1-5-16(17)19/h1-8,11-13,17,21-22H,9-10H2/t17?,22-/m0/s1. The van der Waals surface area contributed by atoms with Crippen molar-refractivity contribution in [3.8, 4) is 5.75 Å². The number of para-hydroxylation sites is 2. The van der Waals surface area contributed by atoms with Crippen molar-refractivity contribution in [1.29, 1.82) is 0 Å². The number of ether oxygens (including phenoxy) is 1. The van der Waals surface area contributed by atoms with E-state index in [4.69, 9.17) is 4.74 Å². The molecule has 0 radical (unpaired) electrons. The lowest BCUT2D eigenvalue weighted by molar-refractivity contribution is 0.151. The van der Waals surface area contributed by atoms with Crippen molar-refractivity contribution in [2.24, 2.45) is 0 Å². The van der Waals surface area contributed by atoms with Gasteiger partial charge in [-0.3, -0.25) is 4.98 Å². The first-order valence-corrected chi connectivity index (χ1v) is 10.1. The van der Waals surface area contributed by atoms with Crippen LogP contribution in [0.15, 0.2) is 71.9 Å². The van der Waals surface area contributed by atoms with Crippen LogP contribution in [0.25, 0.3) is 0 Å². The van der Waals surface area contributed by atoms with Crippen LogP contribution in [0.3, 0.4) is 0 Å². The topological polar surface area (TPSA) is 25.4 Å². The summed E-state index contributed by atoms with van der Waals surface area (Å²) in [6.07, 6.45) is 1.26. The van der Waals surface area contributed by atoms with E-state index in [1.54, 1.807) is 24.0 Å².